The third-order valence-corrected chi connectivity index (χ3v) is 5.21. The number of hydrazone groups is 1. The maximum absolute atomic E-state index is 13.3. The van der Waals surface area contributed by atoms with E-state index in [1.54, 1.807) is 0 Å². The predicted octanol–water partition coefficient (Wildman–Crippen LogP) is 2.98. The van der Waals surface area contributed by atoms with Gasteiger partial charge in [-0.25, -0.2) is 0 Å². The molecule has 0 saturated heterocycles. The molecule has 5 nitrogen and oxygen atoms in total. The van der Waals surface area contributed by atoms with E-state index in [2.05, 4.69) is 5.10 Å². The zero-order chi connectivity index (χ0) is 17.6. The number of benzene rings is 2. The Morgan fingerprint density at radius 1 is 1.08 bits per heavy atom. The van der Waals surface area contributed by atoms with E-state index in [0.29, 0.717) is 11.4 Å². The molecule has 4 rings (SSSR count). The molecule has 1 heterocycles. The zero-order valence-corrected chi connectivity index (χ0v) is 14.0. The highest BCUT2D eigenvalue weighted by atomic mass is 16.5. The number of para-hydroxylation sites is 1. The number of anilines is 1. The molecule has 1 unspecified atom stereocenters. The summed E-state index contributed by atoms with van der Waals surface area (Å²) in [6.07, 6.45) is 0. The average molecular weight is 334 g/mol. The Kier molecular flexibility index (Phi) is 3.46. The number of hydrogen-bond acceptors (Lipinski definition) is 4. The van der Waals surface area contributed by atoms with E-state index in [9.17, 15) is 9.59 Å². The van der Waals surface area contributed by atoms with Crippen molar-refractivity contribution in [2.45, 2.75) is 12.8 Å². The topological polar surface area (TPSA) is 59.0 Å². The minimum Gasteiger partial charge on any atom is -0.469 e. The van der Waals surface area contributed by atoms with Gasteiger partial charge in [-0.15, -0.1) is 0 Å². The molecule has 1 saturated carbocycles. The number of methoxy groups -OCH3 is 1. The van der Waals surface area contributed by atoms with E-state index in [1.807, 2.05) is 67.6 Å². The van der Waals surface area contributed by atoms with Crippen LogP contribution in [0.4, 0.5) is 5.69 Å². The molecule has 1 aliphatic heterocycles. The summed E-state index contributed by atoms with van der Waals surface area (Å²) in [5.41, 5.74) is 1.37. The van der Waals surface area contributed by atoms with Gasteiger partial charge in [-0.3, -0.25) is 9.59 Å². The van der Waals surface area contributed by atoms with Crippen LogP contribution in [0.3, 0.4) is 0 Å². The van der Waals surface area contributed by atoms with E-state index >= 15 is 0 Å². The Morgan fingerprint density at radius 3 is 2.28 bits per heavy atom. The number of esters is 1. The van der Waals surface area contributed by atoms with Gasteiger partial charge in [0.05, 0.1) is 24.4 Å². The minimum absolute atomic E-state index is 0.166. The maximum Gasteiger partial charge on any atom is 0.310 e. The van der Waals surface area contributed by atoms with Crippen LogP contribution in [0.25, 0.3) is 0 Å². The van der Waals surface area contributed by atoms with Gasteiger partial charge in [0, 0.05) is 5.92 Å². The third kappa shape index (κ3) is 2.05. The zero-order valence-electron chi connectivity index (χ0n) is 14.0. The Morgan fingerprint density at radius 2 is 1.68 bits per heavy atom. The molecule has 1 amide bonds. The molecule has 0 radical (unpaired) electrons. The van der Waals surface area contributed by atoms with E-state index < -0.39 is 11.3 Å². The maximum atomic E-state index is 13.3. The lowest BCUT2D eigenvalue weighted by Crippen LogP contribution is -2.32. The fourth-order valence-electron chi connectivity index (χ4n) is 4.02. The lowest BCUT2D eigenvalue weighted by Gasteiger charge is -2.14. The molecular weight excluding hydrogens is 316 g/mol. The molecule has 3 atom stereocenters. The highest BCUT2D eigenvalue weighted by molar-refractivity contribution is 6.25. The van der Waals surface area contributed by atoms with Crippen molar-refractivity contribution in [2.24, 2.45) is 16.4 Å². The van der Waals surface area contributed by atoms with Crippen molar-refractivity contribution in [1.29, 1.82) is 0 Å². The van der Waals surface area contributed by atoms with Crippen LogP contribution >= 0.6 is 0 Å². The van der Waals surface area contributed by atoms with Crippen molar-refractivity contribution >= 4 is 23.3 Å². The fraction of sp³-hybridized carbons (Fsp3) is 0.250. The molecule has 1 fully saturated rings. The highest BCUT2D eigenvalue weighted by Crippen LogP contribution is 2.68. The lowest BCUT2D eigenvalue weighted by atomic mass is 9.93. The van der Waals surface area contributed by atoms with Crippen LogP contribution in [0.1, 0.15) is 18.4 Å². The Balaban J connectivity index is 1.79. The smallest absolute Gasteiger partial charge is 0.310 e. The van der Waals surface area contributed by atoms with E-state index in [1.165, 1.54) is 12.1 Å². The molecule has 2 aromatic rings. The van der Waals surface area contributed by atoms with Crippen LogP contribution in [-0.4, -0.2) is 24.7 Å². The normalized spacial score (nSPS) is 27.4. The molecule has 1 aliphatic carbocycles. The molecule has 2 aromatic carbocycles. The number of hydrogen-bond donors (Lipinski definition) is 0. The second-order valence-electron chi connectivity index (χ2n) is 6.40. The molecule has 5 heteroatoms. The van der Waals surface area contributed by atoms with E-state index in [-0.39, 0.29) is 17.8 Å². The van der Waals surface area contributed by atoms with Crippen molar-refractivity contribution in [3.63, 3.8) is 0 Å². The number of ether oxygens (including phenoxy) is 1. The molecule has 0 aromatic heterocycles. The third-order valence-electron chi connectivity index (χ3n) is 5.21. The van der Waals surface area contributed by atoms with Crippen LogP contribution in [0, 0.1) is 11.3 Å². The first-order chi connectivity index (χ1) is 12.1. The van der Waals surface area contributed by atoms with Crippen LogP contribution in [0.2, 0.25) is 0 Å². The summed E-state index contributed by atoms with van der Waals surface area (Å²) in [4.78, 5) is 25.7. The van der Waals surface area contributed by atoms with Crippen LogP contribution < -0.4 is 5.01 Å². The summed E-state index contributed by atoms with van der Waals surface area (Å²) >= 11 is 0. The molecule has 1 spiro atoms. The van der Waals surface area contributed by atoms with Crippen molar-refractivity contribution < 1.29 is 14.3 Å². The average Bonchev–Trinajstić information content (AvgIpc) is 3.30. The van der Waals surface area contributed by atoms with Crippen molar-refractivity contribution in [3.05, 3.63) is 66.2 Å². The van der Waals surface area contributed by atoms with E-state index in [4.69, 9.17) is 4.74 Å². The molecule has 0 bridgehead atoms. The highest BCUT2D eigenvalue weighted by Gasteiger charge is 2.78. The number of nitrogens with zero attached hydrogens (tertiary/aromatic N) is 2. The van der Waals surface area contributed by atoms with Gasteiger partial charge in [-0.05, 0) is 24.6 Å². The fourth-order valence-corrected chi connectivity index (χ4v) is 4.02. The van der Waals surface area contributed by atoms with Gasteiger partial charge in [0.25, 0.3) is 5.91 Å². The van der Waals surface area contributed by atoms with Crippen molar-refractivity contribution in [3.8, 4) is 0 Å². The van der Waals surface area contributed by atoms with Crippen LogP contribution in [0.5, 0.6) is 0 Å². The Hall–Kier alpha value is -2.95. The van der Waals surface area contributed by atoms with Gasteiger partial charge >= 0.3 is 5.97 Å². The van der Waals surface area contributed by atoms with Crippen LogP contribution in [0.15, 0.2) is 65.8 Å². The Bertz CT molecular complexity index is 863. The van der Waals surface area contributed by atoms with Crippen molar-refractivity contribution in [2.75, 3.05) is 12.1 Å². The molecule has 126 valence electrons. The first-order valence-corrected chi connectivity index (χ1v) is 8.20. The predicted molar refractivity (Wildman–Crippen MR) is 94.2 cm³/mol. The summed E-state index contributed by atoms with van der Waals surface area (Å²) in [5, 5.41) is 5.90. The number of rotatable bonds is 3. The van der Waals surface area contributed by atoms with Gasteiger partial charge < -0.3 is 4.74 Å². The summed E-state index contributed by atoms with van der Waals surface area (Å²) in [7, 11) is 1.36. The molecule has 2 aliphatic rings. The molecular formula is C20H18N2O3. The summed E-state index contributed by atoms with van der Waals surface area (Å²) in [5.74, 6) is -1.32. The minimum atomic E-state index is -0.940. The van der Waals surface area contributed by atoms with Crippen molar-refractivity contribution in [1.82, 2.24) is 0 Å². The number of carbonyl (C=O) groups is 2. The molecule has 0 N–H and O–H groups in total. The quantitative estimate of drug-likeness (QED) is 0.811. The SMILES string of the molecule is COC(=O)[C@H]1[C@H](c2ccccc2)C12C(=O)N(c1ccccc1)N=C2C. The van der Waals surface area contributed by atoms with E-state index in [0.717, 1.165) is 5.56 Å². The van der Waals surface area contributed by atoms with Gasteiger partial charge in [0.1, 0.15) is 5.41 Å². The van der Waals surface area contributed by atoms with Gasteiger partial charge in [0.15, 0.2) is 0 Å². The van der Waals surface area contributed by atoms with Gasteiger partial charge in [0.2, 0.25) is 0 Å². The lowest BCUT2D eigenvalue weighted by molar-refractivity contribution is -0.143. The number of carbonyl (C=O) groups excluding carboxylic acids is 2. The summed E-state index contributed by atoms with van der Waals surface area (Å²) in [6.45, 7) is 1.82. The largest absolute Gasteiger partial charge is 0.469 e. The van der Waals surface area contributed by atoms with Gasteiger partial charge in [-0.1, -0.05) is 48.5 Å². The monoisotopic (exact) mass is 334 g/mol. The molecule has 25 heavy (non-hydrogen) atoms. The first kappa shape index (κ1) is 15.6. The number of amides is 1. The standard InChI is InChI=1S/C20H18N2O3/c1-13-20(19(24)22(21-13)15-11-7-4-8-12-15)16(17(20)18(23)25-2)14-9-5-3-6-10-14/h3-12,16-17H,1-2H3/t16-,17+,20?/m0/s1. The summed E-state index contributed by atoms with van der Waals surface area (Å²) in [6, 6.07) is 18.9. The second kappa shape index (κ2) is 5.55. The second-order valence-corrected chi connectivity index (χ2v) is 6.40. The van der Waals surface area contributed by atoms with Crippen LogP contribution in [-0.2, 0) is 14.3 Å². The summed E-state index contributed by atoms with van der Waals surface area (Å²) < 4.78 is 4.99. The Labute approximate surface area is 145 Å². The van der Waals surface area contributed by atoms with Gasteiger partial charge in [-0.2, -0.15) is 10.1 Å². The first-order valence-electron chi connectivity index (χ1n) is 8.20.